The molecule has 0 aliphatic heterocycles. The Morgan fingerprint density at radius 2 is 2.24 bits per heavy atom. The van der Waals surface area contributed by atoms with Crippen LogP contribution in [-0.4, -0.2) is 14.8 Å². The third kappa shape index (κ3) is 3.30. The van der Waals surface area contributed by atoms with Gasteiger partial charge in [-0.1, -0.05) is 25.2 Å². The molecule has 2 aromatic heterocycles. The summed E-state index contributed by atoms with van der Waals surface area (Å²) in [6, 6.07) is 2.14. The van der Waals surface area contributed by atoms with Crippen LogP contribution in [0.2, 0.25) is 0 Å². The number of nitrogens with one attached hydrogen (secondary N) is 1. The summed E-state index contributed by atoms with van der Waals surface area (Å²) in [7, 11) is 0. The summed E-state index contributed by atoms with van der Waals surface area (Å²) in [4.78, 5) is 0. The first-order valence-electron chi connectivity index (χ1n) is 6.02. The number of rotatable bonds is 6. The van der Waals surface area contributed by atoms with Crippen molar-refractivity contribution in [1.82, 2.24) is 14.8 Å². The highest BCUT2D eigenvalue weighted by Crippen LogP contribution is 2.16. The first-order chi connectivity index (χ1) is 8.31. The van der Waals surface area contributed by atoms with Crippen LogP contribution in [-0.2, 0) is 19.5 Å². The smallest absolute Gasteiger partial charge is 0.205 e. The van der Waals surface area contributed by atoms with Crippen molar-refractivity contribution >= 4 is 16.5 Å². The average molecular weight is 250 g/mol. The number of nitrogens with zero attached hydrogens (tertiary/aromatic N) is 3. The SMILES string of the molecule is CCCn1ccc(CNc2nnc(CC)s2)c1. The van der Waals surface area contributed by atoms with Crippen LogP contribution in [0, 0.1) is 0 Å². The molecule has 2 aromatic rings. The van der Waals surface area contributed by atoms with Gasteiger partial charge in [0.05, 0.1) is 0 Å². The maximum absolute atomic E-state index is 4.10. The molecule has 5 heteroatoms. The summed E-state index contributed by atoms with van der Waals surface area (Å²) >= 11 is 1.63. The monoisotopic (exact) mass is 250 g/mol. The Labute approximate surface area is 106 Å². The van der Waals surface area contributed by atoms with Crippen LogP contribution in [0.3, 0.4) is 0 Å². The summed E-state index contributed by atoms with van der Waals surface area (Å²) in [6.45, 7) is 6.18. The molecule has 0 aromatic carbocycles. The molecule has 17 heavy (non-hydrogen) atoms. The Hall–Kier alpha value is -1.36. The van der Waals surface area contributed by atoms with Crippen molar-refractivity contribution in [3.63, 3.8) is 0 Å². The third-order valence-corrected chi connectivity index (χ3v) is 3.53. The lowest BCUT2D eigenvalue weighted by Gasteiger charge is -1.99. The lowest BCUT2D eigenvalue weighted by atomic mass is 10.3. The van der Waals surface area contributed by atoms with Crippen molar-refractivity contribution in [2.45, 2.75) is 39.8 Å². The van der Waals surface area contributed by atoms with E-state index in [0.717, 1.165) is 36.1 Å². The fraction of sp³-hybridized carbons (Fsp3) is 0.500. The molecule has 0 amide bonds. The van der Waals surface area contributed by atoms with Gasteiger partial charge in [-0.3, -0.25) is 0 Å². The second-order valence-corrected chi connectivity index (χ2v) is 5.03. The van der Waals surface area contributed by atoms with E-state index in [1.54, 1.807) is 11.3 Å². The van der Waals surface area contributed by atoms with E-state index in [-0.39, 0.29) is 0 Å². The average Bonchev–Trinajstić information content (AvgIpc) is 2.95. The van der Waals surface area contributed by atoms with Gasteiger partial charge in [-0.15, -0.1) is 10.2 Å². The zero-order valence-corrected chi connectivity index (χ0v) is 11.1. The second-order valence-electron chi connectivity index (χ2n) is 3.97. The number of aromatic nitrogens is 3. The molecule has 92 valence electrons. The highest BCUT2D eigenvalue weighted by molar-refractivity contribution is 7.15. The number of anilines is 1. The van der Waals surface area contributed by atoms with Crippen LogP contribution in [0.5, 0.6) is 0 Å². The number of aryl methyl sites for hydroxylation is 2. The Bertz CT molecular complexity index is 461. The van der Waals surface area contributed by atoms with Crippen molar-refractivity contribution < 1.29 is 0 Å². The maximum atomic E-state index is 4.10. The van der Waals surface area contributed by atoms with E-state index < -0.39 is 0 Å². The minimum absolute atomic E-state index is 0.815. The fourth-order valence-corrected chi connectivity index (χ4v) is 2.31. The van der Waals surface area contributed by atoms with E-state index in [0.29, 0.717) is 0 Å². The highest BCUT2D eigenvalue weighted by atomic mass is 32.1. The molecule has 0 unspecified atom stereocenters. The van der Waals surface area contributed by atoms with Gasteiger partial charge in [-0.2, -0.15) is 0 Å². The predicted octanol–water partition coefficient (Wildman–Crippen LogP) is 2.92. The summed E-state index contributed by atoms with van der Waals surface area (Å²) in [6.07, 6.45) is 6.42. The van der Waals surface area contributed by atoms with E-state index in [2.05, 4.69) is 52.4 Å². The van der Waals surface area contributed by atoms with Gasteiger partial charge in [-0.05, 0) is 24.5 Å². The first-order valence-corrected chi connectivity index (χ1v) is 6.84. The van der Waals surface area contributed by atoms with Gasteiger partial charge < -0.3 is 9.88 Å². The third-order valence-electron chi connectivity index (χ3n) is 2.51. The van der Waals surface area contributed by atoms with E-state index in [9.17, 15) is 0 Å². The van der Waals surface area contributed by atoms with Crippen LogP contribution in [0.15, 0.2) is 18.5 Å². The summed E-state index contributed by atoms with van der Waals surface area (Å²) < 4.78 is 2.22. The Balaban J connectivity index is 1.88. The molecule has 2 rings (SSSR count). The van der Waals surface area contributed by atoms with E-state index in [1.807, 2.05) is 0 Å². The van der Waals surface area contributed by atoms with E-state index in [4.69, 9.17) is 0 Å². The van der Waals surface area contributed by atoms with Crippen molar-refractivity contribution in [3.8, 4) is 0 Å². The van der Waals surface area contributed by atoms with E-state index >= 15 is 0 Å². The van der Waals surface area contributed by atoms with Gasteiger partial charge in [0.2, 0.25) is 5.13 Å². The number of hydrogen-bond acceptors (Lipinski definition) is 4. The largest absolute Gasteiger partial charge is 0.356 e. The molecule has 0 atom stereocenters. The van der Waals surface area contributed by atoms with Crippen LogP contribution < -0.4 is 5.32 Å². The molecule has 0 aliphatic rings. The molecule has 2 heterocycles. The van der Waals surface area contributed by atoms with Crippen LogP contribution in [0.4, 0.5) is 5.13 Å². The Morgan fingerprint density at radius 3 is 2.94 bits per heavy atom. The van der Waals surface area contributed by atoms with Crippen molar-refractivity contribution in [2.75, 3.05) is 5.32 Å². The van der Waals surface area contributed by atoms with Gasteiger partial charge in [0, 0.05) is 25.5 Å². The van der Waals surface area contributed by atoms with Gasteiger partial charge >= 0.3 is 0 Å². The highest BCUT2D eigenvalue weighted by Gasteiger charge is 2.02. The van der Waals surface area contributed by atoms with Crippen molar-refractivity contribution in [1.29, 1.82) is 0 Å². The molecule has 0 spiro atoms. The molecule has 0 saturated heterocycles. The Morgan fingerprint density at radius 1 is 1.35 bits per heavy atom. The van der Waals surface area contributed by atoms with Crippen LogP contribution in [0.1, 0.15) is 30.8 Å². The maximum Gasteiger partial charge on any atom is 0.205 e. The van der Waals surface area contributed by atoms with Crippen molar-refractivity contribution in [3.05, 3.63) is 29.0 Å². The zero-order valence-electron chi connectivity index (χ0n) is 10.3. The topological polar surface area (TPSA) is 42.7 Å². The normalized spacial score (nSPS) is 10.7. The fourth-order valence-electron chi connectivity index (χ4n) is 1.64. The molecule has 4 nitrogen and oxygen atoms in total. The van der Waals surface area contributed by atoms with Gasteiger partial charge in [0.1, 0.15) is 5.01 Å². The van der Waals surface area contributed by atoms with Gasteiger partial charge in [0.25, 0.3) is 0 Å². The van der Waals surface area contributed by atoms with E-state index in [1.165, 1.54) is 5.56 Å². The lowest BCUT2D eigenvalue weighted by molar-refractivity contribution is 0.681. The first kappa shape index (κ1) is 12.1. The molecule has 0 aliphatic carbocycles. The molecule has 0 bridgehead atoms. The minimum atomic E-state index is 0.815. The molecular formula is C12H18N4S. The van der Waals surface area contributed by atoms with Gasteiger partial charge in [0.15, 0.2) is 0 Å². The predicted molar refractivity (Wildman–Crippen MR) is 71.3 cm³/mol. The molecule has 0 saturated carbocycles. The summed E-state index contributed by atoms with van der Waals surface area (Å²) in [5, 5.41) is 13.5. The summed E-state index contributed by atoms with van der Waals surface area (Å²) in [5.41, 5.74) is 1.28. The van der Waals surface area contributed by atoms with Crippen LogP contribution >= 0.6 is 11.3 Å². The van der Waals surface area contributed by atoms with Crippen molar-refractivity contribution in [2.24, 2.45) is 0 Å². The zero-order chi connectivity index (χ0) is 12.1. The van der Waals surface area contributed by atoms with Gasteiger partial charge in [-0.25, -0.2) is 0 Å². The standard InChI is InChI=1S/C12H18N4S/c1-3-6-16-7-5-10(9-16)8-13-12-15-14-11(4-2)17-12/h5,7,9H,3-4,6,8H2,1-2H3,(H,13,15). The summed E-state index contributed by atoms with van der Waals surface area (Å²) in [5.74, 6) is 0. The minimum Gasteiger partial charge on any atom is -0.356 e. The molecular weight excluding hydrogens is 232 g/mol. The lowest BCUT2D eigenvalue weighted by Crippen LogP contribution is -1.98. The molecule has 1 N–H and O–H groups in total. The quantitative estimate of drug-likeness (QED) is 0.857. The molecule has 0 fully saturated rings. The second kappa shape index (κ2) is 5.82. The number of hydrogen-bond donors (Lipinski definition) is 1. The molecule has 0 radical (unpaired) electrons. The Kier molecular flexibility index (Phi) is 4.14. The van der Waals surface area contributed by atoms with Crippen LogP contribution in [0.25, 0.3) is 0 Å².